The van der Waals surface area contributed by atoms with E-state index in [1.807, 2.05) is 0 Å². The van der Waals surface area contributed by atoms with Gasteiger partial charge in [-0.15, -0.1) is 0 Å². The first kappa shape index (κ1) is 18.2. The lowest BCUT2D eigenvalue weighted by Crippen LogP contribution is -2.58. The molecule has 1 heterocycles. The number of hydrogen-bond donors (Lipinski definition) is 4. The number of esters is 1. The second-order valence-corrected chi connectivity index (χ2v) is 5.38. The van der Waals surface area contributed by atoms with Gasteiger partial charge in [0.05, 0.1) is 13.2 Å². The van der Waals surface area contributed by atoms with Crippen LogP contribution in [0.4, 0.5) is 0 Å². The summed E-state index contributed by atoms with van der Waals surface area (Å²) in [7, 11) is 1.42. The highest BCUT2D eigenvalue weighted by molar-refractivity contribution is 5.87. The summed E-state index contributed by atoms with van der Waals surface area (Å²) < 4.78 is 14.8. The third kappa shape index (κ3) is 4.04. The second kappa shape index (κ2) is 7.63. The number of rotatable bonds is 4. The van der Waals surface area contributed by atoms with Crippen molar-refractivity contribution in [2.75, 3.05) is 7.11 Å². The minimum atomic E-state index is -1.56. The summed E-state index contributed by atoms with van der Waals surface area (Å²) in [6.45, 7) is 1.48. The van der Waals surface area contributed by atoms with Gasteiger partial charge in [0.25, 0.3) is 0 Å². The van der Waals surface area contributed by atoms with Gasteiger partial charge in [0.2, 0.25) is 0 Å². The maximum atomic E-state index is 11.9. The van der Waals surface area contributed by atoms with Crippen LogP contribution in [0.2, 0.25) is 0 Å². The molecule has 5 atom stereocenters. The number of phenols is 1. The molecule has 1 aliphatic rings. The number of aromatic hydroxyl groups is 1. The molecule has 24 heavy (non-hydrogen) atoms. The van der Waals surface area contributed by atoms with Gasteiger partial charge >= 0.3 is 5.97 Å². The van der Waals surface area contributed by atoms with Crippen molar-refractivity contribution in [1.82, 2.24) is 0 Å². The summed E-state index contributed by atoms with van der Waals surface area (Å²) in [5, 5.41) is 38.8. The maximum Gasteiger partial charge on any atom is 0.331 e. The smallest absolute Gasteiger partial charge is 0.331 e. The van der Waals surface area contributed by atoms with Crippen LogP contribution in [-0.4, -0.2) is 64.2 Å². The summed E-state index contributed by atoms with van der Waals surface area (Å²) >= 11 is 0. The fourth-order valence-corrected chi connectivity index (χ4v) is 2.30. The summed E-state index contributed by atoms with van der Waals surface area (Å²) in [5.41, 5.74) is 0.520. The first-order valence-corrected chi connectivity index (χ1v) is 7.29. The van der Waals surface area contributed by atoms with Crippen molar-refractivity contribution in [3.63, 3.8) is 0 Å². The predicted octanol–water partition coefficient (Wildman–Crippen LogP) is -0.215. The van der Waals surface area contributed by atoms with Crippen molar-refractivity contribution in [3.8, 4) is 11.5 Å². The Hall–Kier alpha value is -2.13. The zero-order valence-corrected chi connectivity index (χ0v) is 13.2. The molecule has 1 unspecified atom stereocenters. The highest BCUT2D eigenvalue weighted by Gasteiger charge is 2.44. The van der Waals surface area contributed by atoms with Crippen molar-refractivity contribution in [3.05, 3.63) is 29.8 Å². The Balaban J connectivity index is 2.03. The van der Waals surface area contributed by atoms with Crippen molar-refractivity contribution < 1.29 is 39.4 Å². The predicted molar refractivity (Wildman–Crippen MR) is 82.1 cm³/mol. The molecule has 8 heteroatoms. The number of carbonyl (C=O) groups is 1. The van der Waals surface area contributed by atoms with Gasteiger partial charge in [-0.1, -0.05) is 6.07 Å². The highest BCUT2D eigenvalue weighted by Crippen LogP contribution is 2.27. The second-order valence-electron chi connectivity index (χ2n) is 5.38. The van der Waals surface area contributed by atoms with Gasteiger partial charge in [0, 0.05) is 6.08 Å². The van der Waals surface area contributed by atoms with Gasteiger partial charge in [-0.05, 0) is 30.7 Å². The molecule has 1 saturated heterocycles. The van der Waals surface area contributed by atoms with E-state index in [0.717, 1.165) is 6.08 Å². The topological polar surface area (TPSA) is 126 Å². The zero-order valence-electron chi connectivity index (χ0n) is 13.2. The van der Waals surface area contributed by atoms with Gasteiger partial charge in [-0.2, -0.15) is 0 Å². The van der Waals surface area contributed by atoms with E-state index in [0.29, 0.717) is 11.3 Å². The third-order valence-corrected chi connectivity index (χ3v) is 3.67. The van der Waals surface area contributed by atoms with Crippen LogP contribution in [0.3, 0.4) is 0 Å². The van der Waals surface area contributed by atoms with Crippen molar-refractivity contribution in [2.24, 2.45) is 0 Å². The van der Waals surface area contributed by atoms with Gasteiger partial charge in [-0.25, -0.2) is 4.79 Å². The molecule has 132 valence electrons. The van der Waals surface area contributed by atoms with Crippen LogP contribution in [0.1, 0.15) is 12.5 Å². The van der Waals surface area contributed by atoms with E-state index in [-0.39, 0.29) is 5.75 Å². The fourth-order valence-electron chi connectivity index (χ4n) is 2.30. The zero-order chi connectivity index (χ0) is 17.9. The Morgan fingerprint density at radius 1 is 1.25 bits per heavy atom. The van der Waals surface area contributed by atoms with Crippen molar-refractivity contribution in [1.29, 1.82) is 0 Å². The van der Waals surface area contributed by atoms with Crippen LogP contribution in [0, 0.1) is 0 Å². The molecule has 0 radical (unpaired) electrons. The number of methoxy groups -OCH3 is 1. The number of aliphatic hydroxyl groups is 3. The Morgan fingerprint density at radius 2 is 1.96 bits per heavy atom. The number of carbonyl (C=O) groups excluding carboxylic acids is 1. The molecule has 4 N–H and O–H groups in total. The van der Waals surface area contributed by atoms with Crippen LogP contribution < -0.4 is 4.74 Å². The van der Waals surface area contributed by atoms with E-state index in [4.69, 9.17) is 14.2 Å². The molecule has 2 rings (SSSR count). The largest absolute Gasteiger partial charge is 0.504 e. The Labute approximate surface area is 138 Å². The molecule has 0 saturated carbocycles. The lowest BCUT2D eigenvalue weighted by atomic mass is 10.00. The fraction of sp³-hybridized carbons (Fsp3) is 0.438. The minimum absolute atomic E-state index is 0.0831. The first-order chi connectivity index (χ1) is 11.3. The number of benzene rings is 1. The van der Waals surface area contributed by atoms with E-state index >= 15 is 0 Å². The van der Waals surface area contributed by atoms with Gasteiger partial charge in [0.15, 0.2) is 23.9 Å². The lowest BCUT2D eigenvalue weighted by Gasteiger charge is -2.38. The van der Waals surface area contributed by atoms with E-state index in [1.165, 1.54) is 32.2 Å². The van der Waals surface area contributed by atoms with E-state index in [1.54, 1.807) is 6.07 Å². The number of aliphatic hydroxyl groups excluding tert-OH is 3. The molecule has 0 spiro atoms. The summed E-state index contributed by atoms with van der Waals surface area (Å²) in [4.78, 5) is 11.9. The average Bonchev–Trinajstić information content (AvgIpc) is 2.55. The lowest BCUT2D eigenvalue weighted by molar-refractivity contribution is -0.280. The summed E-state index contributed by atoms with van der Waals surface area (Å²) in [5.74, 6) is -0.610. The molecule has 0 bridgehead atoms. The van der Waals surface area contributed by atoms with E-state index in [2.05, 4.69) is 0 Å². The van der Waals surface area contributed by atoms with E-state index in [9.17, 15) is 25.2 Å². The van der Waals surface area contributed by atoms with Gasteiger partial charge in [-0.3, -0.25) is 0 Å². The molecule has 0 aliphatic carbocycles. The number of hydrogen-bond acceptors (Lipinski definition) is 8. The quantitative estimate of drug-likeness (QED) is 0.438. The van der Waals surface area contributed by atoms with Crippen LogP contribution in [0.25, 0.3) is 6.08 Å². The minimum Gasteiger partial charge on any atom is -0.504 e. The van der Waals surface area contributed by atoms with Gasteiger partial charge < -0.3 is 34.6 Å². The SMILES string of the molecule is COc1ccc(/C=C/C(=O)O[C@@H]2[C@@H](O)[C@H](C)OC(O)[C@@H]2O)cc1O. The molecule has 1 aliphatic heterocycles. The summed E-state index contributed by atoms with van der Waals surface area (Å²) in [6, 6.07) is 4.54. The molecule has 8 nitrogen and oxygen atoms in total. The Morgan fingerprint density at radius 3 is 2.58 bits per heavy atom. The molecule has 0 amide bonds. The maximum absolute atomic E-state index is 11.9. The molecule has 1 fully saturated rings. The van der Waals surface area contributed by atoms with Crippen LogP contribution >= 0.6 is 0 Å². The summed E-state index contributed by atoms with van der Waals surface area (Å²) in [6.07, 6.45) is -4.03. The number of ether oxygens (including phenoxy) is 3. The Kier molecular flexibility index (Phi) is 5.79. The standard InChI is InChI=1S/C16H20O8/c1-8-13(19)15(14(20)16(21)23-8)24-12(18)6-4-9-3-5-11(22-2)10(17)7-9/h3-8,13-17,19-21H,1-2H3/b6-4+/t8-,13-,14+,15+,16?/m0/s1. The van der Waals surface area contributed by atoms with Crippen LogP contribution in [-0.2, 0) is 14.3 Å². The van der Waals surface area contributed by atoms with Gasteiger partial charge in [0.1, 0.15) is 12.2 Å². The van der Waals surface area contributed by atoms with E-state index < -0.39 is 36.7 Å². The molecular weight excluding hydrogens is 320 g/mol. The monoisotopic (exact) mass is 340 g/mol. The van der Waals surface area contributed by atoms with Crippen LogP contribution in [0.5, 0.6) is 11.5 Å². The Bertz CT molecular complexity index is 600. The number of phenolic OH excluding ortho intramolecular Hbond substituents is 1. The molecular formula is C16H20O8. The molecule has 0 aromatic heterocycles. The van der Waals surface area contributed by atoms with Crippen molar-refractivity contribution >= 4 is 12.0 Å². The third-order valence-electron chi connectivity index (χ3n) is 3.67. The normalized spacial score (nSPS) is 30.3. The van der Waals surface area contributed by atoms with Crippen LogP contribution in [0.15, 0.2) is 24.3 Å². The van der Waals surface area contributed by atoms with Crippen molar-refractivity contribution in [2.45, 2.75) is 37.6 Å². The first-order valence-electron chi connectivity index (χ1n) is 7.29. The highest BCUT2D eigenvalue weighted by atomic mass is 16.6. The molecule has 1 aromatic rings. The molecule has 1 aromatic carbocycles. The average molecular weight is 340 g/mol.